The minimum Gasteiger partial charge on any atom is -0.504 e. The second-order valence-electron chi connectivity index (χ2n) is 6.70. The molecule has 0 radical (unpaired) electrons. The third kappa shape index (κ3) is 3.65. The lowest BCUT2D eigenvalue weighted by Crippen LogP contribution is -2.30. The summed E-state index contributed by atoms with van der Waals surface area (Å²) in [6, 6.07) is 17.0. The van der Waals surface area contributed by atoms with Crippen LogP contribution in [0.15, 0.2) is 60.8 Å². The van der Waals surface area contributed by atoms with Crippen LogP contribution >= 0.6 is 0 Å². The third-order valence-electron chi connectivity index (χ3n) is 4.79. The number of aromatic hydroxyl groups is 1. The molecule has 3 aromatic rings. The Morgan fingerprint density at radius 1 is 1.19 bits per heavy atom. The molecule has 1 atom stereocenters. The Morgan fingerprint density at radius 2 is 1.89 bits per heavy atom. The first-order valence-electron chi connectivity index (χ1n) is 8.94. The van der Waals surface area contributed by atoms with Gasteiger partial charge in [-0.3, -0.25) is 4.79 Å². The number of aromatic nitrogens is 2. The molecule has 138 valence electrons. The molecular formula is C21H21N3O3. The maximum Gasteiger partial charge on any atom is 0.276 e. The predicted molar refractivity (Wildman–Crippen MR) is 101 cm³/mol. The van der Waals surface area contributed by atoms with Crippen molar-refractivity contribution in [3.63, 3.8) is 0 Å². The second kappa shape index (κ2) is 7.15. The SMILES string of the molecule is COc1ccc(C(NC(=O)c2nn(-c3ccccc3)cc2O)C2CC2)cc1. The normalized spacial score (nSPS) is 14.6. The zero-order valence-electron chi connectivity index (χ0n) is 15.0. The Morgan fingerprint density at radius 3 is 2.52 bits per heavy atom. The fourth-order valence-electron chi connectivity index (χ4n) is 3.16. The lowest BCUT2D eigenvalue weighted by atomic mass is 10.0. The molecule has 4 rings (SSSR count). The first kappa shape index (κ1) is 17.1. The molecule has 1 aromatic heterocycles. The van der Waals surface area contributed by atoms with Crippen molar-refractivity contribution in [3.05, 3.63) is 72.1 Å². The van der Waals surface area contributed by atoms with Crippen molar-refractivity contribution >= 4 is 5.91 Å². The lowest BCUT2D eigenvalue weighted by molar-refractivity contribution is 0.0923. The topological polar surface area (TPSA) is 76.4 Å². The number of carbonyl (C=O) groups excluding carboxylic acids is 1. The Labute approximate surface area is 157 Å². The quantitative estimate of drug-likeness (QED) is 0.703. The monoisotopic (exact) mass is 363 g/mol. The molecule has 1 amide bonds. The van der Waals surface area contributed by atoms with Gasteiger partial charge in [0, 0.05) is 0 Å². The first-order valence-corrected chi connectivity index (χ1v) is 8.94. The highest BCUT2D eigenvalue weighted by atomic mass is 16.5. The van der Waals surface area contributed by atoms with E-state index in [2.05, 4.69) is 10.4 Å². The molecule has 1 aliphatic rings. The molecule has 1 heterocycles. The maximum atomic E-state index is 12.8. The highest BCUT2D eigenvalue weighted by Crippen LogP contribution is 2.41. The number of hydrogen-bond donors (Lipinski definition) is 2. The molecule has 0 bridgehead atoms. The molecule has 0 saturated heterocycles. The standard InChI is InChI=1S/C21H21N3O3/c1-27-17-11-9-15(10-12-17)19(14-7-8-14)22-21(26)20-18(25)13-24(23-20)16-5-3-2-4-6-16/h2-6,9-14,19,25H,7-8H2,1H3,(H,22,26). The average Bonchev–Trinajstić information content (AvgIpc) is 3.48. The smallest absolute Gasteiger partial charge is 0.276 e. The summed E-state index contributed by atoms with van der Waals surface area (Å²) in [5.74, 6) is 0.662. The summed E-state index contributed by atoms with van der Waals surface area (Å²) in [7, 11) is 1.63. The predicted octanol–water partition coefficient (Wildman–Crippen LogP) is 3.47. The Balaban J connectivity index is 1.56. The van der Waals surface area contributed by atoms with Crippen LogP contribution in [0.4, 0.5) is 0 Å². The number of methoxy groups -OCH3 is 1. The molecule has 1 aliphatic carbocycles. The fourth-order valence-corrected chi connectivity index (χ4v) is 3.16. The Kier molecular flexibility index (Phi) is 4.54. The van der Waals surface area contributed by atoms with Crippen LogP contribution in [0.1, 0.15) is 34.9 Å². The van der Waals surface area contributed by atoms with Gasteiger partial charge in [-0.1, -0.05) is 30.3 Å². The number of para-hydroxylation sites is 1. The van der Waals surface area contributed by atoms with Crippen LogP contribution in [0.5, 0.6) is 11.5 Å². The molecular weight excluding hydrogens is 342 g/mol. The van der Waals surface area contributed by atoms with Gasteiger partial charge < -0.3 is 15.2 Å². The highest BCUT2D eigenvalue weighted by molar-refractivity contribution is 5.95. The number of rotatable bonds is 6. The number of ether oxygens (including phenoxy) is 1. The molecule has 6 heteroatoms. The van der Waals surface area contributed by atoms with Crippen molar-refractivity contribution in [2.45, 2.75) is 18.9 Å². The van der Waals surface area contributed by atoms with Gasteiger partial charge in [-0.05, 0) is 48.6 Å². The summed E-state index contributed by atoms with van der Waals surface area (Å²) in [5, 5.41) is 17.5. The van der Waals surface area contributed by atoms with Crippen molar-refractivity contribution in [3.8, 4) is 17.2 Å². The number of nitrogens with one attached hydrogen (secondary N) is 1. The van der Waals surface area contributed by atoms with Crippen molar-refractivity contribution < 1.29 is 14.6 Å². The highest BCUT2D eigenvalue weighted by Gasteiger charge is 2.34. The van der Waals surface area contributed by atoms with Gasteiger partial charge in [0.15, 0.2) is 11.4 Å². The summed E-state index contributed by atoms with van der Waals surface area (Å²) in [5.41, 5.74) is 1.83. The Bertz CT molecular complexity index is 931. The van der Waals surface area contributed by atoms with E-state index < -0.39 is 0 Å². The van der Waals surface area contributed by atoms with Crippen LogP contribution in [0.3, 0.4) is 0 Å². The van der Waals surface area contributed by atoms with E-state index in [4.69, 9.17) is 4.74 Å². The van der Waals surface area contributed by atoms with Crippen LogP contribution in [0, 0.1) is 5.92 Å². The number of amides is 1. The number of nitrogens with zero attached hydrogens (tertiary/aromatic N) is 2. The number of benzene rings is 2. The van der Waals surface area contributed by atoms with Gasteiger partial charge in [-0.15, -0.1) is 0 Å². The summed E-state index contributed by atoms with van der Waals surface area (Å²) in [6.45, 7) is 0. The van der Waals surface area contributed by atoms with Crippen molar-refractivity contribution in [2.75, 3.05) is 7.11 Å². The minimum absolute atomic E-state index is 0.0259. The van der Waals surface area contributed by atoms with Crippen molar-refractivity contribution in [1.82, 2.24) is 15.1 Å². The van der Waals surface area contributed by atoms with E-state index in [1.165, 1.54) is 10.9 Å². The van der Waals surface area contributed by atoms with Crippen LogP contribution in [-0.2, 0) is 0 Å². The van der Waals surface area contributed by atoms with E-state index in [0.717, 1.165) is 29.8 Å². The summed E-state index contributed by atoms with van der Waals surface area (Å²) < 4.78 is 6.71. The maximum absolute atomic E-state index is 12.8. The second-order valence-corrected chi connectivity index (χ2v) is 6.70. The lowest BCUT2D eigenvalue weighted by Gasteiger charge is -2.18. The van der Waals surface area contributed by atoms with E-state index in [-0.39, 0.29) is 23.4 Å². The van der Waals surface area contributed by atoms with E-state index in [1.807, 2.05) is 54.6 Å². The van der Waals surface area contributed by atoms with Crippen molar-refractivity contribution in [1.29, 1.82) is 0 Å². The average molecular weight is 363 g/mol. The molecule has 27 heavy (non-hydrogen) atoms. The van der Waals surface area contributed by atoms with Crippen LogP contribution in [0.2, 0.25) is 0 Å². The number of carbonyl (C=O) groups is 1. The van der Waals surface area contributed by atoms with Gasteiger partial charge in [0.05, 0.1) is 25.0 Å². The van der Waals surface area contributed by atoms with E-state index in [0.29, 0.717) is 5.92 Å². The van der Waals surface area contributed by atoms with E-state index in [1.54, 1.807) is 7.11 Å². The van der Waals surface area contributed by atoms with Gasteiger partial charge in [0.1, 0.15) is 5.75 Å². The van der Waals surface area contributed by atoms with Gasteiger partial charge in [0.2, 0.25) is 0 Å². The Hall–Kier alpha value is -3.28. The molecule has 1 saturated carbocycles. The van der Waals surface area contributed by atoms with Crippen LogP contribution < -0.4 is 10.1 Å². The van der Waals surface area contributed by atoms with E-state index in [9.17, 15) is 9.90 Å². The van der Waals surface area contributed by atoms with Gasteiger partial charge in [0.25, 0.3) is 5.91 Å². The third-order valence-corrected chi connectivity index (χ3v) is 4.79. The minimum atomic E-state index is -0.380. The fraction of sp³-hybridized carbons (Fsp3) is 0.238. The van der Waals surface area contributed by atoms with Crippen molar-refractivity contribution in [2.24, 2.45) is 5.92 Å². The largest absolute Gasteiger partial charge is 0.504 e. The molecule has 2 N–H and O–H groups in total. The zero-order chi connectivity index (χ0) is 18.8. The summed E-state index contributed by atoms with van der Waals surface area (Å²) in [4.78, 5) is 12.8. The van der Waals surface area contributed by atoms with E-state index >= 15 is 0 Å². The molecule has 6 nitrogen and oxygen atoms in total. The molecule has 2 aromatic carbocycles. The first-order chi connectivity index (χ1) is 13.2. The molecule has 1 unspecified atom stereocenters. The number of hydrogen-bond acceptors (Lipinski definition) is 4. The molecule has 0 aliphatic heterocycles. The summed E-state index contributed by atoms with van der Waals surface area (Å²) >= 11 is 0. The van der Waals surface area contributed by atoms with Crippen LogP contribution in [-0.4, -0.2) is 27.9 Å². The summed E-state index contributed by atoms with van der Waals surface area (Å²) in [6.07, 6.45) is 3.59. The molecule has 0 spiro atoms. The van der Waals surface area contributed by atoms with Gasteiger partial charge >= 0.3 is 0 Å². The zero-order valence-corrected chi connectivity index (χ0v) is 15.0. The molecule has 1 fully saturated rings. The van der Waals surface area contributed by atoms with Gasteiger partial charge in [-0.2, -0.15) is 5.10 Å². The van der Waals surface area contributed by atoms with Gasteiger partial charge in [-0.25, -0.2) is 4.68 Å². The van der Waals surface area contributed by atoms with Crippen LogP contribution in [0.25, 0.3) is 5.69 Å².